The first-order valence-electron chi connectivity index (χ1n) is 7.08. The molecule has 3 N–H and O–H groups in total. The molecule has 2 rings (SSSR count). The van der Waals surface area contributed by atoms with Crippen LogP contribution < -0.4 is 10.6 Å². The molecule has 0 aliphatic carbocycles. The molecule has 1 aliphatic heterocycles. The summed E-state index contributed by atoms with van der Waals surface area (Å²) in [5.74, 6) is -1.73. The number of anilines is 1. The van der Waals surface area contributed by atoms with Gasteiger partial charge in [0.1, 0.15) is 5.82 Å². The van der Waals surface area contributed by atoms with Crippen LogP contribution in [0.15, 0.2) is 18.2 Å². The summed E-state index contributed by atoms with van der Waals surface area (Å²) in [4.78, 5) is 22.9. The summed E-state index contributed by atoms with van der Waals surface area (Å²) in [6.45, 7) is 2.87. The first kappa shape index (κ1) is 15.4. The van der Waals surface area contributed by atoms with E-state index >= 15 is 0 Å². The van der Waals surface area contributed by atoms with E-state index in [1.807, 2.05) is 0 Å². The van der Waals surface area contributed by atoms with Gasteiger partial charge in [-0.1, -0.05) is 13.3 Å². The molecule has 0 saturated carbocycles. The second kappa shape index (κ2) is 6.67. The van der Waals surface area contributed by atoms with Crippen LogP contribution in [0.3, 0.4) is 0 Å². The van der Waals surface area contributed by atoms with Gasteiger partial charge in [-0.25, -0.2) is 9.18 Å². The Morgan fingerprint density at radius 3 is 2.86 bits per heavy atom. The lowest BCUT2D eigenvalue weighted by atomic mass is 9.90. The van der Waals surface area contributed by atoms with Gasteiger partial charge in [0.15, 0.2) is 0 Å². The van der Waals surface area contributed by atoms with Gasteiger partial charge < -0.3 is 15.7 Å². The normalized spacial score (nSPS) is 21.8. The zero-order valence-corrected chi connectivity index (χ0v) is 11.9. The third-order valence-electron chi connectivity index (χ3n) is 3.88. The van der Waals surface area contributed by atoms with E-state index in [0.717, 1.165) is 31.9 Å². The molecule has 1 aromatic carbocycles. The molecule has 1 amide bonds. The van der Waals surface area contributed by atoms with Crippen molar-refractivity contribution in [2.75, 3.05) is 11.9 Å². The van der Waals surface area contributed by atoms with Crippen LogP contribution in [-0.4, -0.2) is 29.6 Å². The lowest BCUT2D eigenvalue weighted by Crippen LogP contribution is -2.46. The molecule has 0 bridgehead atoms. The number of carboxylic acids is 1. The summed E-state index contributed by atoms with van der Waals surface area (Å²) in [6, 6.07) is 3.12. The highest BCUT2D eigenvalue weighted by Crippen LogP contribution is 2.21. The molecule has 1 aliphatic rings. The van der Waals surface area contributed by atoms with Gasteiger partial charge in [0, 0.05) is 0 Å². The number of benzene rings is 1. The zero-order chi connectivity index (χ0) is 15.4. The van der Waals surface area contributed by atoms with Gasteiger partial charge in [-0.3, -0.25) is 4.79 Å². The molecule has 0 aromatic heterocycles. The number of carbonyl (C=O) groups is 2. The number of hydrogen-bond donors (Lipinski definition) is 3. The van der Waals surface area contributed by atoms with Gasteiger partial charge in [0.2, 0.25) is 5.91 Å². The quantitative estimate of drug-likeness (QED) is 0.796. The molecule has 114 valence electrons. The molecule has 0 radical (unpaired) electrons. The van der Waals surface area contributed by atoms with Crippen molar-refractivity contribution in [3.05, 3.63) is 29.6 Å². The molecule has 1 fully saturated rings. The van der Waals surface area contributed by atoms with Crippen LogP contribution in [0.4, 0.5) is 10.1 Å². The van der Waals surface area contributed by atoms with E-state index in [2.05, 4.69) is 17.6 Å². The molecule has 1 heterocycles. The van der Waals surface area contributed by atoms with Crippen molar-refractivity contribution in [1.82, 2.24) is 5.32 Å². The molecule has 1 saturated heterocycles. The first-order valence-corrected chi connectivity index (χ1v) is 7.08. The minimum absolute atomic E-state index is 0.00502. The predicted octanol–water partition coefficient (Wildman–Crippen LogP) is 2.24. The smallest absolute Gasteiger partial charge is 0.335 e. The number of piperidine rings is 1. The van der Waals surface area contributed by atoms with E-state index in [4.69, 9.17) is 5.11 Å². The molecule has 6 heteroatoms. The maximum atomic E-state index is 13.8. The second-order valence-corrected chi connectivity index (χ2v) is 5.29. The maximum Gasteiger partial charge on any atom is 0.335 e. The minimum atomic E-state index is -1.20. The lowest BCUT2D eigenvalue weighted by molar-refractivity contribution is -0.119. The fourth-order valence-corrected chi connectivity index (χ4v) is 2.54. The van der Waals surface area contributed by atoms with E-state index in [-0.39, 0.29) is 23.2 Å². The highest BCUT2D eigenvalue weighted by atomic mass is 19.1. The highest BCUT2D eigenvalue weighted by Gasteiger charge is 2.26. The average molecular weight is 294 g/mol. The summed E-state index contributed by atoms with van der Waals surface area (Å²) in [5, 5.41) is 14.4. The largest absolute Gasteiger partial charge is 0.478 e. The summed E-state index contributed by atoms with van der Waals surface area (Å²) in [5.41, 5.74) is -0.141. The number of hydrogen-bond acceptors (Lipinski definition) is 3. The Bertz CT molecular complexity index is 548. The first-order chi connectivity index (χ1) is 10.0. The van der Waals surface area contributed by atoms with Crippen LogP contribution in [0.25, 0.3) is 0 Å². The summed E-state index contributed by atoms with van der Waals surface area (Å²) in [7, 11) is 0. The molecule has 0 spiro atoms. The van der Waals surface area contributed by atoms with Crippen LogP contribution in [0.1, 0.15) is 36.5 Å². The number of amides is 1. The lowest BCUT2D eigenvalue weighted by Gasteiger charge is -2.28. The van der Waals surface area contributed by atoms with Crippen molar-refractivity contribution in [1.29, 1.82) is 0 Å². The van der Waals surface area contributed by atoms with E-state index in [1.165, 1.54) is 12.1 Å². The monoisotopic (exact) mass is 294 g/mol. The van der Waals surface area contributed by atoms with Crippen LogP contribution in [0.5, 0.6) is 0 Å². The van der Waals surface area contributed by atoms with Crippen molar-refractivity contribution in [2.24, 2.45) is 5.92 Å². The number of aromatic carboxylic acids is 1. The molecule has 2 atom stereocenters. The summed E-state index contributed by atoms with van der Waals surface area (Å²) < 4.78 is 13.8. The predicted molar refractivity (Wildman–Crippen MR) is 76.8 cm³/mol. The Morgan fingerprint density at radius 1 is 1.48 bits per heavy atom. The fourth-order valence-electron chi connectivity index (χ4n) is 2.54. The Kier molecular flexibility index (Phi) is 4.90. The van der Waals surface area contributed by atoms with E-state index in [9.17, 15) is 14.0 Å². The molecule has 2 unspecified atom stereocenters. The number of nitrogens with one attached hydrogen (secondary N) is 2. The number of carbonyl (C=O) groups excluding carboxylic acids is 1. The summed E-state index contributed by atoms with van der Waals surface area (Å²) in [6.07, 6.45) is 2.80. The topological polar surface area (TPSA) is 78.4 Å². The van der Waals surface area contributed by atoms with Crippen molar-refractivity contribution >= 4 is 17.6 Å². The standard InChI is InChI=1S/C15H19FN2O3/c1-2-9-5-6-17-13(7-9)14(19)18-12-4-3-10(15(20)21)8-11(12)16/h3-4,8-9,13,17H,2,5-7H2,1H3,(H,18,19)(H,20,21). The second-order valence-electron chi connectivity index (χ2n) is 5.29. The van der Waals surface area contributed by atoms with Crippen molar-refractivity contribution in [3.63, 3.8) is 0 Å². The Hall–Kier alpha value is -1.95. The van der Waals surface area contributed by atoms with Gasteiger partial charge in [-0.05, 0) is 43.5 Å². The molecule has 5 nitrogen and oxygen atoms in total. The molecule has 21 heavy (non-hydrogen) atoms. The molecular formula is C15H19FN2O3. The van der Waals surface area contributed by atoms with Gasteiger partial charge in [0.25, 0.3) is 0 Å². The third-order valence-corrected chi connectivity index (χ3v) is 3.88. The van der Waals surface area contributed by atoms with Gasteiger partial charge in [-0.15, -0.1) is 0 Å². The average Bonchev–Trinajstić information content (AvgIpc) is 2.49. The molecular weight excluding hydrogens is 275 g/mol. The van der Waals surface area contributed by atoms with E-state index in [1.54, 1.807) is 0 Å². The van der Waals surface area contributed by atoms with Crippen LogP contribution >= 0.6 is 0 Å². The number of halogens is 1. The molecule has 1 aromatic rings. The van der Waals surface area contributed by atoms with Gasteiger partial charge in [0.05, 0.1) is 17.3 Å². The minimum Gasteiger partial charge on any atom is -0.478 e. The van der Waals surface area contributed by atoms with Crippen molar-refractivity contribution < 1.29 is 19.1 Å². The Labute approximate surface area is 122 Å². The SMILES string of the molecule is CCC1CCNC(C(=O)Nc2ccc(C(=O)O)cc2F)C1. The van der Waals surface area contributed by atoms with Crippen LogP contribution in [-0.2, 0) is 4.79 Å². The Balaban J connectivity index is 2.04. The maximum absolute atomic E-state index is 13.8. The fraction of sp³-hybridized carbons (Fsp3) is 0.467. The third kappa shape index (κ3) is 3.78. The van der Waals surface area contributed by atoms with Crippen LogP contribution in [0.2, 0.25) is 0 Å². The van der Waals surface area contributed by atoms with Crippen LogP contribution in [0, 0.1) is 11.7 Å². The van der Waals surface area contributed by atoms with E-state index < -0.39 is 11.8 Å². The van der Waals surface area contributed by atoms with E-state index in [0.29, 0.717) is 5.92 Å². The van der Waals surface area contributed by atoms with Crippen molar-refractivity contribution in [3.8, 4) is 0 Å². The zero-order valence-electron chi connectivity index (χ0n) is 11.9. The summed E-state index contributed by atoms with van der Waals surface area (Å²) >= 11 is 0. The number of rotatable bonds is 4. The number of carboxylic acid groups (broad SMARTS) is 1. The Morgan fingerprint density at radius 2 is 2.24 bits per heavy atom. The van der Waals surface area contributed by atoms with Gasteiger partial charge >= 0.3 is 5.97 Å². The van der Waals surface area contributed by atoms with Crippen molar-refractivity contribution in [2.45, 2.75) is 32.2 Å². The van der Waals surface area contributed by atoms with Gasteiger partial charge in [-0.2, -0.15) is 0 Å². The highest BCUT2D eigenvalue weighted by molar-refractivity contribution is 5.95.